The number of carbonyl (C=O) groups excluding carboxylic acids is 1. The van der Waals surface area contributed by atoms with Crippen molar-refractivity contribution < 1.29 is 26.7 Å². The van der Waals surface area contributed by atoms with Crippen molar-refractivity contribution in [2.45, 2.75) is 42.7 Å². The molecule has 1 aliphatic heterocycles. The summed E-state index contributed by atoms with van der Waals surface area (Å²) in [5, 5.41) is 0. The summed E-state index contributed by atoms with van der Waals surface area (Å²) in [6, 6.07) is 6.06. The fourth-order valence-electron chi connectivity index (χ4n) is 4.99. The number of amides is 1. The molecule has 0 aromatic heterocycles. The average molecular weight is 455 g/mol. The summed E-state index contributed by atoms with van der Waals surface area (Å²) in [5.41, 5.74) is 4.11. The van der Waals surface area contributed by atoms with Gasteiger partial charge in [0.05, 0.1) is 22.4 Å². The Labute approximate surface area is 181 Å². The van der Waals surface area contributed by atoms with E-state index < -0.39 is 20.9 Å². The smallest absolute Gasteiger partial charge is 0.229 e. The second-order valence-corrected chi connectivity index (χ2v) is 11.2. The molecule has 0 atom stereocenters. The Hall–Kier alpha value is -2.00. The molecule has 2 bridgehead atoms. The van der Waals surface area contributed by atoms with Crippen LogP contribution in [0.2, 0.25) is 0 Å². The lowest BCUT2D eigenvalue weighted by Crippen LogP contribution is -2.70. The maximum atomic E-state index is 13.7. The SMILES string of the molecule is NCC(=CF)COc1ccc(S(=O)(=O)CC2CCN(C(=O)C34CC(F)(C3)C4)CC2)cc1. The molecule has 170 valence electrons. The number of halogens is 2. The first-order chi connectivity index (χ1) is 14.7. The van der Waals surface area contributed by atoms with E-state index in [1.165, 1.54) is 12.1 Å². The monoisotopic (exact) mass is 454 g/mol. The van der Waals surface area contributed by atoms with Gasteiger partial charge in [-0.05, 0) is 62.3 Å². The minimum Gasteiger partial charge on any atom is -0.489 e. The number of piperidine rings is 1. The maximum Gasteiger partial charge on any atom is 0.229 e. The number of ether oxygens (including phenoxy) is 1. The molecule has 0 unspecified atom stereocenters. The van der Waals surface area contributed by atoms with Crippen molar-refractivity contribution in [2.24, 2.45) is 17.1 Å². The van der Waals surface area contributed by atoms with Crippen LogP contribution < -0.4 is 10.5 Å². The second-order valence-electron chi connectivity index (χ2n) is 9.21. The third-order valence-electron chi connectivity index (χ3n) is 6.80. The number of alkyl halides is 1. The molecule has 2 N–H and O–H groups in total. The lowest BCUT2D eigenvalue weighted by Gasteiger charge is -2.65. The van der Waals surface area contributed by atoms with Crippen LogP contribution in [0.25, 0.3) is 0 Å². The highest BCUT2D eigenvalue weighted by molar-refractivity contribution is 7.91. The van der Waals surface area contributed by atoms with Crippen molar-refractivity contribution in [1.82, 2.24) is 4.90 Å². The number of sulfone groups is 1. The van der Waals surface area contributed by atoms with Gasteiger partial charge in [-0.1, -0.05) is 0 Å². The lowest BCUT2D eigenvalue weighted by molar-refractivity contribution is -0.222. The third kappa shape index (κ3) is 4.35. The van der Waals surface area contributed by atoms with Gasteiger partial charge in [0.2, 0.25) is 5.91 Å². The summed E-state index contributed by atoms with van der Waals surface area (Å²) in [6.07, 6.45) is 2.71. The molecule has 1 amide bonds. The van der Waals surface area contributed by atoms with E-state index in [9.17, 15) is 22.0 Å². The highest BCUT2D eigenvalue weighted by Crippen LogP contribution is 2.70. The summed E-state index contributed by atoms with van der Waals surface area (Å²) in [7, 11) is -3.48. The van der Waals surface area contributed by atoms with Crippen LogP contribution >= 0.6 is 0 Å². The zero-order valence-electron chi connectivity index (χ0n) is 17.4. The van der Waals surface area contributed by atoms with Gasteiger partial charge in [0.1, 0.15) is 18.0 Å². The normalized spacial score (nSPS) is 28.6. The summed E-state index contributed by atoms with van der Waals surface area (Å²) < 4.78 is 57.3. The summed E-state index contributed by atoms with van der Waals surface area (Å²) in [6.45, 7) is 1.10. The van der Waals surface area contributed by atoms with Gasteiger partial charge in [0, 0.05) is 25.2 Å². The predicted octanol–water partition coefficient (Wildman–Crippen LogP) is 2.78. The Morgan fingerprint density at radius 3 is 2.32 bits per heavy atom. The van der Waals surface area contributed by atoms with E-state index in [1.54, 1.807) is 17.0 Å². The molecule has 9 heteroatoms. The van der Waals surface area contributed by atoms with Crippen LogP contribution in [-0.2, 0) is 14.6 Å². The van der Waals surface area contributed by atoms with Crippen LogP contribution in [0.3, 0.4) is 0 Å². The maximum absolute atomic E-state index is 13.7. The van der Waals surface area contributed by atoms with Crippen molar-refractivity contribution in [2.75, 3.05) is 32.0 Å². The van der Waals surface area contributed by atoms with Crippen LogP contribution in [0.5, 0.6) is 5.75 Å². The number of rotatable bonds is 8. The number of benzene rings is 1. The number of hydrogen-bond acceptors (Lipinski definition) is 5. The number of nitrogens with two attached hydrogens (primary N) is 1. The van der Waals surface area contributed by atoms with Crippen molar-refractivity contribution in [3.05, 3.63) is 36.2 Å². The van der Waals surface area contributed by atoms with Gasteiger partial charge in [-0.2, -0.15) is 0 Å². The van der Waals surface area contributed by atoms with Crippen LogP contribution in [0.15, 0.2) is 41.1 Å². The minimum absolute atomic E-state index is 0.00396. The molecular weight excluding hydrogens is 426 g/mol. The van der Waals surface area contributed by atoms with E-state index in [4.69, 9.17) is 10.5 Å². The molecule has 31 heavy (non-hydrogen) atoms. The highest BCUT2D eigenvalue weighted by atomic mass is 32.2. The van der Waals surface area contributed by atoms with Crippen LogP contribution in [-0.4, -0.2) is 56.9 Å². The molecular formula is C22H28F2N2O4S. The van der Waals surface area contributed by atoms with Crippen molar-refractivity contribution in [3.8, 4) is 5.75 Å². The molecule has 1 saturated heterocycles. The van der Waals surface area contributed by atoms with E-state index in [2.05, 4.69) is 0 Å². The number of likely N-dealkylation sites (tertiary alicyclic amines) is 1. The first-order valence-electron chi connectivity index (χ1n) is 10.6. The molecule has 1 aromatic carbocycles. The largest absolute Gasteiger partial charge is 0.489 e. The fraction of sp³-hybridized carbons (Fsp3) is 0.591. The standard InChI is InChI=1S/C22H28F2N2O4S/c23-9-17(10-25)11-30-18-1-3-19(4-2-18)31(28,29)12-16-5-7-26(8-6-16)20(27)21-13-22(24,14-21)15-21/h1-4,9,16H,5-8,10-15,25H2. The fourth-order valence-corrected chi connectivity index (χ4v) is 6.69. The number of nitrogens with zero attached hydrogens (tertiary/aromatic N) is 1. The van der Waals surface area contributed by atoms with Crippen LogP contribution in [0.4, 0.5) is 8.78 Å². The van der Waals surface area contributed by atoms with Gasteiger partial charge in [0.25, 0.3) is 0 Å². The summed E-state index contributed by atoms with van der Waals surface area (Å²) >= 11 is 0. The Kier molecular flexibility index (Phi) is 5.85. The van der Waals surface area contributed by atoms with E-state index in [-0.39, 0.29) is 35.6 Å². The zero-order chi connectivity index (χ0) is 22.3. The topological polar surface area (TPSA) is 89.7 Å². The second kappa shape index (κ2) is 8.16. The number of carbonyl (C=O) groups is 1. The van der Waals surface area contributed by atoms with E-state index >= 15 is 0 Å². The molecule has 5 rings (SSSR count). The minimum atomic E-state index is -3.48. The molecule has 0 radical (unpaired) electrons. The van der Waals surface area contributed by atoms with Crippen molar-refractivity contribution >= 4 is 15.7 Å². The Morgan fingerprint density at radius 1 is 1.19 bits per heavy atom. The van der Waals surface area contributed by atoms with Crippen molar-refractivity contribution in [1.29, 1.82) is 0 Å². The molecule has 6 nitrogen and oxygen atoms in total. The Morgan fingerprint density at radius 2 is 1.81 bits per heavy atom. The molecule has 3 saturated carbocycles. The van der Waals surface area contributed by atoms with Gasteiger partial charge in [-0.15, -0.1) is 0 Å². The molecule has 4 fully saturated rings. The first-order valence-corrected chi connectivity index (χ1v) is 12.3. The van der Waals surface area contributed by atoms with Crippen LogP contribution in [0, 0.1) is 11.3 Å². The van der Waals surface area contributed by atoms with Gasteiger partial charge in [-0.3, -0.25) is 4.79 Å². The third-order valence-corrected chi connectivity index (χ3v) is 8.70. The average Bonchev–Trinajstić information content (AvgIpc) is 2.71. The molecule has 4 aliphatic rings. The quantitative estimate of drug-likeness (QED) is 0.653. The predicted molar refractivity (Wildman–Crippen MR) is 112 cm³/mol. The van der Waals surface area contributed by atoms with Crippen LogP contribution in [0.1, 0.15) is 32.1 Å². The van der Waals surface area contributed by atoms with E-state index in [0.29, 0.717) is 62.8 Å². The zero-order valence-corrected chi connectivity index (χ0v) is 18.2. The summed E-state index contributed by atoms with van der Waals surface area (Å²) in [4.78, 5) is 14.7. The van der Waals surface area contributed by atoms with Gasteiger partial charge in [0.15, 0.2) is 9.84 Å². The molecule has 0 spiro atoms. The summed E-state index contributed by atoms with van der Waals surface area (Å²) in [5.74, 6) is 0.481. The Balaban J connectivity index is 1.28. The van der Waals surface area contributed by atoms with Gasteiger partial charge >= 0.3 is 0 Å². The van der Waals surface area contributed by atoms with E-state index in [0.717, 1.165) is 0 Å². The number of hydrogen-bond donors (Lipinski definition) is 1. The lowest BCUT2D eigenvalue weighted by atomic mass is 9.42. The van der Waals surface area contributed by atoms with Crippen molar-refractivity contribution in [3.63, 3.8) is 0 Å². The molecule has 1 heterocycles. The Bertz CT molecular complexity index is 950. The first kappa shape index (κ1) is 22.2. The van der Waals surface area contributed by atoms with E-state index in [1.807, 2.05) is 0 Å². The van der Waals surface area contributed by atoms with Gasteiger partial charge < -0.3 is 15.4 Å². The molecule has 1 aromatic rings. The molecule has 3 aliphatic carbocycles. The highest BCUT2D eigenvalue weighted by Gasteiger charge is 2.73. The van der Waals surface area contributed by atoms with Gasteiger partial charge in [-0.25, -0.2) is 17.2 Å².